The molecular formula is C28H32ClNO6. The second-order valence-corrected chi connectivity index (χ2v) is 9.50. The molecule has 2 atom stereocenters. The molecular weight excluding hydrogens is 482 g/mol. The number of carbonyl (C=O) groups is 2. The number of rotatable bonds is 10. The molecule has 2 aromatic carbocycles. The van der Waals surface area contributed by atoms with Crippen molar-refractivity contribution in [2.24, 2.45) is 0 Å². The predicted octanol–water partition coefficient (Wildman–Crippen LogP) is 5.52. The van der Waals surface area contributed by atoms with Gasteiger partial charge in [-0.25, -0.2) is 0 Å². The summed E-state index contributed by atoms with van der Waals surface area (Å²) in [5.74, 6) is -0.553. The second-order valence-electron chi connectivity index (χ2n) is 9.06. The van der Waals surface area contributed by atoms with Gasteiger partial charge in [0.15, 0.2) is 11.5 Å². The smallest absolute Gasteiger partial charge is 0.295 e. The fourth-order valence-electron chi connectivity index (χ4n) is 4.69. The molecule has 2 unspecified atom stereocenters. The number of methoxy groups -OCH3 is 1. The zero-order chi connectivity index (χ0) is 25.7. The molecule has 0 aliphatic carbocycles. The van der Waals surface area contributed by atoms with Crippen LogP contribution in [0.5, 0.6) is 11.5 Å². The number of hydrogen-bond donors (Lipinski definition) is 1. The maximum Gasteiger partial charge on any atom is 0.295 e. The molecule has 4 rings (SSSR count). The molecule has 0 radical (unpaired) electrons. The first kappa shape index (κ1) is 26.0. The molecule has 8 heteroatoms. The van der Waals surface area contributed by atoms with Crippen molar-refractivity contribution < 1.29 is 28.9 Å². The topological polar surface area (TPSA) is 85.3 Å². The van der Waals surface area contributed by atoms with Crippen LogP contribution in [0.4, 0.5) is 0 Å². The number of amides is 1. The zero-order valence-corrected chi connectivity index (χ0v) is 21.4. The molecule has 0 aromatic heterocycles. The van der Waals surface area contributed by atoms with Gasteiger partial charge in [0.1, 0.15) is 5.76 Å². The average molecular weight is 514 g/mol. The SMILES string of the molecule is CCCCCOc1ccc(C2C(=C(O)c3ccc(Cl)cc3)C(=O)C(=O)N2CC2CCCO2)cc1OC. The van der Waals surface area contributed by atoms with Crippen molar-refractivity contribution in [3.05, 3.63) is 64.2 Å². The fourth-order valence-corrected chi connectivity index (χ4v) is 4.82. The molecule has 1 amide bonds. The Kier molecular flexibility index (Phi) is 8.54. The molecule has 192 valence electrons. The van der Waals surface area contributed by atoms with Gasteiger partial charge in [-0.1, -0.05) is 37.4 Å². The highest BCUT2D eigenvalue weighted by Crippen LogP contribution is 2.42. The number of carbonyl (C=O) groups excluding carboxylic acids is 2. The summed E-state index contributed by atoms with van der Waals surface area (Å²) in [6.07, 6.45) is 4.65. The van der Waals surface area contributed by atoms with Gasteiger partial charge in [-0.05, 0) is 61.2 Å². The summed E-state index contributed by atoms with van der Waals surface area (Å²) in [5.41, 5.74) is 1.07. The number of hydrogen-bond acceptors (Lipinski definition) is 6. The second kappa shape index (κ2) is 11.8. The van der Waals surface area contributed by atoms with E-state index in [4.69, 9.17) is 25.8 Å². The van der Waals surface area contributed by atoms with Crippen LogP contribution in [0, 0.1) is 0 Å². The van der Waals surface area contributed by atoms with Crippen LogP contribution in [0.15, 0.2) is 48.0 Å². The molecule has 2 fully saturated rings. The van der Waals surface area contributed by atoms with Crippen LogP contribution in [0.25, 0.3) is 5.76 Å². The van der Waals surface area contributed by atoms with Gasteiger partial charge in [0.2, 0.25) is 0 Å². The van der Waals surface area contributed by atoms with Gasteiger partial charge >= 0.3 is 0 Å². The molecule has 36 heavy (non-hydrogen) atoms. The van der Waals surface area contributed by atoms with Crippen molar-refractivity contribution in [2.75, 3.05) is 26.9 Å². The predicted molar refractivity (Wildman–Crippen MR) is 137 cm³/mol. The van der Waals surface area contributed by atoms with E-state index in [9.17, 15) is 14.7 Å². The Labute approximate surface area is 216 Å². The summed E-state index contributed by atoms with van der Waals surface area (Å²) in [4.78, 5) is 27.9. The van der Waals surface area contributed by atoms with E-state index in [1.165, 1.54) is 4.90 Å². The summed E-state index contributed by atoms with van der Waals surface area (Å²) in [6.45, 7) is 3.58. The van der Waals surface area contributed by atoms with Crippen LogP contribution in [-0.4, -0.2) is 54.7 Å². The van der Waals surface area contributed by atoms with Gasteiger partial charge in [0.25, 0.3) is 11.7 Å². The van der Waals surface area contributed by atoms with Gasteiger partial charge in [-0.15, -0.1) is 0 Å². The number of aliphatic hydroxyl groups excluding tert-OH is 1. The summed E-state index contributed by atoms with van der Waals surface area (Å²) >= 11 is 6.01. The maximum absolute atomic E-state index is 13.2. The first-order valence-corrected chi connectivity index (χ1v) is 12.8. The highest BCUT2D eigenvalue weighted by atomic mass is 35.5. The van der Waals surface area contributed by atoms with Crippen LogP contribution in [0.2, 0.25) is 5.02 Å². The summed E-state index contributed by atoms with van der Waals surface area (Å²) in [5, 5.41) is 11.7. The third kappa shape index (κ3) is 5.52. The Morgan fingerprint density at radius 3 is 2.58 bits per heavy atom. The van der Waals surface area contributed by atoms with Gasteiger partial charge in [0, 0.05) is 23.7 Å². The largest absolute Gasteiger partial charge is 0.507 e. The highest BCUT2D eigenvalue weighted by Gasteiger charge is 2.47. The minimum Gasteiger partial charge on any atom is -0.507 e. The van der Waals surface area contributed by atoms with E-state index in [0.29, 0.717) is 40.9 Å². The Balaban J connectivity index is 1.75. The number of Topliss-reactive ketones (excluding diaryl/α,β-unsaturated/α-hetero) is 1. The number of aliphatic hydroxyl groups is 1. The zero-order valence-electron chi connectivity index (χ0n) is 20.7. The number of ketones is 1. The molecule has 2 aliphatic heterocycles. The number of halogens is 1. The van der Waals surface area contributed by atoms with Crippen LogP contribution in [-0.2, 0) is 14.3 Å². The molecule has 2 heterocycles. The average Bonchev–Trinajstić information content (AvgIpc) is 3.49. The fraction of sp³-hybridized carbons (Fsp3) is 0.429. The minimum absolute atomic E-state index is 0.0268. The van der Waals surface area contributed by atoms with Crippen molar-refractivity contribution in [1.82, 2.24) is 4.90 Å². The first-order chi connectivity index (χ1) is 17.4. The minimum atomic E-state index is -0.798. The molecule has 7 nitrogen and oxygen atoms in total. The number of nitrogens with zero attached hydrogens (tertiary/aromatic N) is 1. The van der Waals surface area contributed by atoms with E-state index < -0.39 is 17.7 Å². The molecule has 1 N–H and O–H groups in total. The first-order valence-electron chi connectivity index (χ1n) is 12.4. The monoisotopic (exact) mass is 513 g/mol. The van der Waals surface area contributed by atoms with Crippen LogP contribution in [0.1, 0.15) is 56.2 Å². The molecule has 2 aromatic rings. The summed E-state index contributed by atoms with van der Waals surface area (Å²) in [6, 6.07) is 11.1. The van der Waals surface area contributed by atoms with Crippen molar-refractivity contribution in [2.45, 2.75) is 51.2 Å². The van der Waals surface area contributed by atoms with Gasteiger partial charge in [-0.2, -0.15) is 0 Å². The molecule has 2 saturated heterocycles. The Morgan fingerprint density at radius 1 is 1.14 bits per heavy atom. The third-order valence-electron chi connectivity index (χ3n) is 6.59. The Morgan fingerprint density at radius 2 is 1.92 bits per heavy atom. The Bertz CT molecular complexity index is 1120. The highest BCUT2D eigenvalue weighted by molar-refractivity contribution is 6.46. The lowest BCUT2D eigenvalue weighted by Crippen LogP contribution is -2.36. The molecule has 2 aliphatic rings. The van der Waals surface area contributed by atoms with E-state index >= 15 is 0 Å². The number of likely N-dealkylation sites (tertiary alicyclic amines) is 1. The van der Waals surface area contributed by atoms with E-state index in [1.807, 2.05) is 6.07 Å². The van der Waals surface area contributed by atoms with Crippen molar-refractivity contribution in [1.29, 1.82) is 0 Å². The van der Waals surface area contributed by atoms with Crippen molar-refractivity contribution in [3.63, 3.8) is 0 Å². The Hall–Kier alpha value is -3.03. The lowest BCUT2D eigenvalue weighted by Gasteiger charge is -2.28. The summed E-state index contributed by atoms with van der Waals surface area (Å²) in [7, 11) is 1.55. The third-order valence-corrected chi connectivity index (χ3v) is 6.84. The van der Waals surface area contributed by atoms with E-state index in [-0.39, 0.29) is 24.0 Å². The summed E-state index contributed by atoms with van der Waals surface area (Å²) < 4.78 is 17.3. The van der Waals surface area contributed by atoms with E-state index in [1.54, 1.807) is 43.5 Å². The number of unbranched alkanes of at least 4 members (excludes halogenated alkanes) is 2. The van der Waals surface area contributed by atoms with Crippen molar-refractivity contribution >= 4 is 29.1 Å². The molecule has 0 saturated carbocycles. The lowest BCUT2D eigenvalue weighted by molar-refractivity contribution is -0.140. The number of ether oxygens (including phenoxy) is 3. The van der Waals surface area contributed by atoms with Gasteiger partial charge < -0.3 is 24.2 Å². The number of benzene rings is 2. The van der Waals surface area contributed by atoms with E-state index in [0.717, 1.165) is 32.1 Å². The maximum atomic E-state index is 13.2. The van der Waals surface area contributed by atoms with Crippen LogP contribution >= 0.6 is 11.6 Å². The van der Waals surface area contributed by atoms with Crippen molar-refractivity contribution in [3.8, 4) is 11.5 Å². The molecule has 0 bridgehead atoms. The lowest BCUT2D eigenvalue weighted by atomic mass is 9.95. The quantitative estimate of drug-likeness (QED) is 0.195. The standard InChI is InChI=1S/C28H32ClNO6/c1-3-4-5-14-36-22-13-10-19(16-23(22)34-2)25-24(26(31)18-8-11-20(29)12-9-18)27(32)28(33)30(25)17-21-7-6-15-35-21/h8-13,16,21,25,31H,3-7,14-15,17H2,1-2H3. The van der Waals surface area contributed by atoms with Gasteiger partial charge in [-0.3, -0.25) is 9.59 Å². The van der Waals surface area contributed by atoms with Gasteiger partial charge in [0.05, 0.1) is 31.4 Å². The van der Waals surface area contributed by atoms with Crippen LogP contribution in [0.3, 0.4) is 0 Å². The van der Waals surface area contributed by atoms with Crippen LogP contribution < -0.4 is 9.47 Å². The van der Waals surface area contributed by atoms with E-state index in [2.05, 4.69) is 6.92 Å². The normalized spacial score (nSPS) is 21.2. The molecule has 0 spiro atoms.